The predicted molar refractivity (Wildman–Crippen MR) is 81.8 cm³/mol. The lowest BCUT2D eigenvalue weighted by Crippen LogP contribution is -2.32. The average molecular weight is 328 g/mol. The fourth-order valence-corrected chi connectivity index (χ4v) is 2.85. The number of rotatable bonds is 2. The van der Waals surface area contributed by atoms with Crippen LogP contribution in [0.5, 0.6) is 0 Å². The lowest BCUT2D eigenvalue weighted by Gasteiger charge is -2.30. The van der Waals surface area contributed by atoms with E-state index in [0.29, 0.717) is 12.8 Å². The van der Waals surface area contributed by atoms with Crippen LogP contribution in [0.1, 0.15) is 25.7 Å². The van der Waals surface area contributed by atoms with E-state index >= 15 is 0 Å². The van der Waals surface area contributed by atoms with E-state index in [1.807, 2.05) is 18.3 Å². The number of primary amides is 1. The van der Waals surface area contributed by atoms with Crippen molar-refractivity contribution < 1.29 is 18.0 Å². The molecular weight excluding hydrogens is 309 g/mol. The van der Waals surface area contributed by atoms with Gasteiger partial charge in [-0.3, -0.25) is 9.78 Å². The van der Waals surface area contributed by atoms with Crippen molar-refractivity contribution in [2.45, 2.75) is 37.9 Å². The number of halogens is 3. The average Bonchev–Trinajstić information content (AvgIpc) is 2.91. The molecule has 3 rings (SSSR count). The molecule has 4 N–H and O–H groups in total. The zero-order valence-electron chi connectivity index (χ0n) is 12.4. The summed E-state index contributed by atoms with van der Waals surface area (Å²) >= 11 is 0. The number of pyridine rings is 1. The van der Waals surface area contributed by atoms with Crippen molar-refractivity contribution >= 4 is 23.1 Å². The van der Waals surface area contributed by atoms with Crippen molar-refractivity contribution in [2.75, 3.05) is 5.32 Å². The minimum Gasteiger partial charge on any atom is -0.379 e. The molecule has 8 heteroatoms. The predicted octanol–water partition coefficient (Wildman–Crippen LogP) is 3.20. The molecule has 2 heterocycles. The van der Waals surface area contributed by atoms with Crippen molar-refractivity contribution in [3.63, 3.8) is 0 Å². The third-order valence-corrected chi connectivity index (χ3v) is 3.98. The molecule has 1 amide bonds. The van der Waals surface area contributed by atoms with Crippen molar-refractivity contribution in [2.24, 2.45) is 11.7 Å². The second kappa shape index (κ2) is 7.34. The summed E-state index contributed by atoms with van der Waals surface area (Å²) in [6.45, 7) is 0. The maximum atomic E-state index is 12.6. The highest BCUT2D eigenvalue weighted by molar-refractivity contribution is 5.88. The van der Waals surface area contributed by atoms with Crippen LogP contribution in [0.2, 0.25) is 0 Å². The molecule has 0 unspecified atom stereocenters. The summed E-state index contributed by atoms with van der Waals surface area (Å²) < 4.78 is 37.9. The number of nitrogens with one attached hydrogen (secondary N) is 2. The van der Waals surface area contributed by atoms with Crippen LogP contribution >= 0.6 is 0 Å². The second-order valence-electron chi connectivity index (χ2n) is 5.47. The molecule has 1 fully saturated rings. The minimum absolute atomic E-state index is 0.0922. The third-order valence-electron chi connectivity index (χ3n) is 3.98. The van der Waals surface area contributed by atoms with Gasteiger partial charge >= 0.3 is 6.18 Å². The number of aromatic nitrogens is 2. The number of nitrogens with zero attached hydrogens (tertiary/aromatic N) is 1. The number of amides is 1. The van der Waals surface area contributed by atoms with Crippen LogP contribution in [-0.2, 0) is 4.79 Å². The van der Waals surface area contributed by atoms with Gasteiger partial charge < -0.3 is 16.0 Å². The summed E-state index contributed by atoms with van der Waals surface area (Å²) in [6, 6.07) is 3.86. The maximum absolute atomic E-state index is 12.6. The zero-order valence-corrected chi connectivity index (χ0v) is 12.4. The van der Waals surface area contributed by atoms with E-state index in [1.165, 1.54) is 0 Å². The van der Waals surface area contributed by atoms with E-state index in [0.717, 1.165) is 16.7 Å². The molecular formula is C15H19F3N4O. The van der Waals surface area contributed by atoms with E-state index in [9.17, 15) is 13.2 Å². The van der Waals surface area contributed by atoms with Gasteiger partial charge in [0.1, 0.15) is 5.52 Å². The number of fused-ring (bicyclic) bond motifs is 1. The molecule has 0 atom stereocenters. The normalized spacial score (nSPS) is 21.3. The van der Waals surface area contributed by atoms with Crippen LogP contribution in [0.25, 0.3) is 11.0 Å². The van der Waals surface area contributed by atoms with Crippen LogP contribution in [-0.4, -0.2) is 28.6 Å². The Morgan fingerprint density at radius 2 is 1.96 bits per heavy atom. The molecule has 0 spiro atoms. The number of hydrogen-bond donors (Lipinski definition) is 3. The fourth-order valence-electron chi connectivity index (χ4n) is 2.85. The Kier molecular flexibility index (Phi) is 5.46. The third kappa shape index (κ3) is 4.37. The summed E-state index contributed by atoms with van der Waals surface area (Å²) in [5, 5.41) is 3.31. The number of hydrogen-bond acceptors (Lipinski definition) is 3. The van der Waals surface area contributed by atoms with E-state index in [1.54, 1.807) is 6.20 Å². The molecule has 2 aromatic heterocycles. The van der Waals surface area contributed by atoms with Gasteiger partial charge in [0.25, 0.3) is 0 Å². The number of alkyl halides is 3. The second-order valence-corrected chi connectivity index (χ2v) is 5.47. The van der Waals surface area contributed by atoms with Crippen LogP contribution in [0.4, 0.5) is 18.9 Å². The van der Waals surface area contributed by atoms with E-state index in [-0.39, 0.29) is 25.3 Å². The van der Waals surface area contributed by atoms with E-state index < -0.39 is 12.1 Å². The molecule has 0 radical (unpaired) electrons. The first-order valence-corrected chi connectivity index (χ1v) is 7.36. The van der Waals surface area contributed by atoms with Gasteiger partial charge in [-0.05, 0) is 37.8 Å². The Morgan fingerprint density at radius 3 is 2.57 bits per heavy atom. The quantitative estimate of drug-likeness (QED) is 0.740. The molecule has 5 nitrogen and oxygen atoms in total. The summed E-state index contributed by atoms with van der Waals surface area (Å²) in [5.74, 6) is -1.14. The van der Waals surface area contributed by atoms with Gasteiger partial charge in [-0.1, -0.05) is 0 Å². The SMILES string of the molecule is FC(F)(F)C1CCC(Nc2c[nH]c3cccnc23)CC1.NC=O. The van der Waals surface area contributed by atoms with Crippen molar-refractivity contribution in [1.29, 1.82) is 0 Å². The highest BCUT2D eigenvalue weighted by Gasteiger charge is 2.41. The first-order valence-electron chi connectivity index (χ1n) is 7.36. The molecule has 2 aromatic rings. The molecule has 0 saturated heterocycles. The van der Waals surface area contributed by atoms with E-state index in [2.05, 4.69) is 21.0 Å². The number of anilines is 1. The fraction of sp³-hybridized carbons (Fsp3) is 0.467. The molecule has 0 aliphatic heterocycles. The topological polar surface area (TPSA) is 83.8 Å². The molecule has 23 heavy (non-hydrogen) atoms. The molecule has 1 aliphatic carbocycles. The van der Waals surface area contributed by atoms with Crippen LogP contribution in [0.15, 0.2) is 24.5 Å². The monoisotopic (exact) mass is 328 g/mol. The van der Waals surface area contributed by atoms with Crippen molar-refractivity contribution in [3.8, 4) is 0 Å². The molecule has 0 aromatic carbocycles. The van der Waals surface area contributed by atoms with Gasteiger partial charge in [-0.2, -0.15) is 13.2 Å². The van der Waals surface area contributed by atoms with E-state index in [4.69, 9.17) is 4.79 Å². The number of aromatic amines is 1. The summed E-state index contributed by atoms with van der Waals surface area (Å²) in [5.41, 5.74) is 6.81. The largest absolute Gasteiger partial charge is 0.391 e. The summed E-state index contributed by atoms with van der Waals surface area (Å²) in [7, 11) is 0. The van der Waals surface area contributed by atoms with Crippen LogP contribution in [0.3, 0.4) is 0 Å². The highest BCUT2D eigenvalue weighted by Crippen LogP contribution is 2.38. The molecule has 1 aliphatic rings. The number of H-pyrrole nitrogens is 1. The summed E-state index contributed by atoms with van der Waals surface area (Å²) in [4.78, 5) is 16.0. The van der Waals surface area contributed by atoms with Gasteiger partial charge in [-0.15, -0.1) is 0 Å². The Bertz CT molecular complexity index is 633. The van der Waals surface area contributed by atoms with Gasteiger partial charge in [0.15, 0.2) is 0 Å². The highest BCUT2D eigenvalue weighted by atomic mass is 19.4. The number of carbonyl (C=O) groups is 1. The smallest absolute Gasteiger partial charge is 0.379 e. The zero-order chi connectivity index (χ0) is 16.9. The van der Waals surface area contributed by atoms with Gasteiger partial charge in [-0.25, -0.2) is 0 Å². The summed E-state index contributed by atoms with van der Waals surface area (Å²) in [6.07, 6.45) is 1.24. The number of carbonyl (C=O) groups excluding carboxylic acids is 1. The molecule has 0 bridgehead atoms. The van der Waals surface area contributed by atoms with Crippen molar-refractivity contribution in [3.05, 3.63) is 24.5 Å². The maximum Gasteiger partial charge on any atom is 0.391 e. The minimum atomic E-state index is -4.05. The Labute approximate surface area is 131 Å². The number of nitrogens with two attached hydrogens (primary N) is 1. The Morgan fingerprint density at radius 1 is 1.30 bits per heavy atom. The van der Waals surface area contributed by atoms with Crippen LogP contribution in [0, 0.1) is 5.92 Å². The Balaban J connectivity index is 0.000000595. The van der Waals surface area contributed by atoms with Crippen LogP contribution < -0.4 is 11.1 Å². The van der Waals surface area contributed by atoms with Gasteiger partial charge in [0.2, 0.25) is 6.41 Å². The van der Waals surface area contributed by atoms with Crippen molar-refractivity contribution in [1.82, 2.24) is 9.97 Å². The first kappa shape index (κ1) is 17.1. The van der Waals surface area contributed by atoms with Gasteiger partial charge in [0, 0.05) is 18.4 Å². The first-order chi connectivity index (χ1) is 11.0. The standard InChI is InChI=1S/C14H16F3N3.CH3NO/c15-14(16,17)9-3-5-10(6-4-9)20-12-8-19-11-2-1-7-18-13(11)12;2-1-3/h1-2,7-10,19-20H,3-6H2;1H,(H2,2,3). The lowest BCUT2D eigenvalue weighted by atomic mass is 9.85. The van der Waals surface area contributed by atoms with Gasteiger partial charge in [0.05, 0.1) is 17.1 Å². The molecule has 1 saturated carbocycles. The Hall–Kier alpha value is -2.25. The molecule has 126 valence electrons. The lowest BCUT2D eigenvalue weighted by molar-refractivity contribution is -0.182.